The first kappa shape index (κ1) is 20.9. The summed E-state index contributed by atoms with van der Waals surface area (Å²) in [6.07, 6.45) is 8.50. The van der Waals surface area contributed by atoms with E-state index in [1.54, 1.807) is 0 Å². The largest absolute Gasteiger partial charge is 0.356 e. The van der Waals surface area contributed by atoms with Crippen molar-refractivity contribution in [1.29, 1.82) is 0 Å². The molecule has 1 amide bonds. The van der Waals surface area contributed by atoms with Gasteiger partial charge in [0.15, 0.2) is 0 Å². The molecule has 3 rings (SSSR count). The Hall–Kier alpha value is -1.80. The summed E-state index contributed by atoms with van der Waals surface area (Å²) in [7, 11) is -4.12. The Morgan fingerprint density at radius 2 is 1.93 bits per heavy atom. The van der Waals surface area contributed by atoms with Gasteiger partial charge < -0.3 is 5.32 Å². The SMILES string of the molecule is O=C(NCCC1=CCCCC1)C1CCN(S(=O)(=O)c2cc(F)ccc2F)CC1. The van der Waals surface area contributed by atoms with Crippen LogP contribution in [0.2, 0.25) is 0 Å². The molecule has 2 aliphatic rings. The van der Waals surface area contributed by atoms with Gasteiger partial charge in [0, 0.05) is 25.6 Å². The zero-order chi connectivity index (χ0) is 20.1. The van der Waals surface area contributed by atoms with Crippen LogP contribution in [0.15, 0.2) is 34.7 Å². The average molecular weight is 413 g/mol. The van der Waals surface area contributed by atoms with E-state index in [0.717, 1.165) is 35.7 Å². The van der Waals surface area contributed by atoms with Gasteiger partial charge in [-0.05, 0) is 63.1 Å². The van der Waals surface area contributed by atoms with Crippen LogP contribution in [0.1, 0.15) is 44.9 Å². The van der Waals surface area contributed by atoms with Crippen LogP contribution >= 0.6 is 0 Å². The van der Waals surface area contributed by atoms with E-state index in [2.05, 4.69) is 11.4 Å². The van der Waals surface area contributed by atoms with Gasteiger partial charge in [0.2, 0.25) is 15.9 Å². The summed E-state index contributed by atoms with van der Waals surface area (Å²) in [6, 6.07) is 2.39. The quantitative estimate of drug-likeness (QED) is 0.729. The molecule has 0 saturated carbocycles. The lowest BCUT2D eigenvalue weighted by molar-refractivity contribution is -0.126. The van der Waals surface area contributed by atoms with Crippen molar-refractivity contribution in [3.05, 3.63) is 41.5 Å². The van der Waals surface area contributed by atoms with E-state index in [4.69, 9.17) is 0 Å². The summed E-state index contributed by atoms with van der Waals surface area (Å²) in [5.74, 6) is -2.10. The van der Waals surface area contributed by atoms with Gasteiger partial charge in [-0.1, -0.05) is 11.6 Å². The smallest absolute Gasteiger partial charge is 0.246 e. The summed E-state index contributed by atoms with van der Waals surface area (Å²) in [5.41, 5.74) is 1.39. The molecule has 154 valence electrons. The maximum Gasteiger partial charge on any atom is 0.246 e. The van der Waals surface area contributed by atoms with Crippen molar-refractivity contribution >= 4 is 15.9 Å². The number of amides is 1. The number of piperidine rings is 1. The third-order valence-electron chi connectivity index (χ3n) is 5.47. The molecular weight excluding hydrogens is 386 g/mol. The fourth-order valence-corrected chi connectivity index (χ4v) is 5.34. The lowest BCUT2D eigenvalue weighted by Crippen LogP contribution is -2.43. The highest BCUT2D eigenvalue weighted by Crippen LogP contribution is 2.26. The standard InChI is InChI=1S/C20H26F2N2O3S/c21-17-6-7-18(22)19(14-17)28(26,27)24-12-9-16(10-13-24)20(25)23-11-8-15-4-2-1-3-5-15/h4,6-7,14,16H,1-3,5,8-13H2,(H,23,25). The molecule has 0 unspecified atom stereocenters. The summed E-state index contributed by atoms with van der Waals surface area (Å²) in [4.78, 5) is 11.7. The number of carbonyl (C=O) groups is 1. The molecule has 5 nitrogen and oxygen atoms in total. The van der Waals surface area contributed by atoms with Crippen LogP contribution < -0.4 is 5.32 Å². The Morgan fingerprint density at radius 3 is 2.61 bits per heavy atom. The Balaban J connectivity index is 1.51. The van der Waals surface area contributed by atoms with E-state index in [0.29, 0.717) is 25.5 Å². The van der Waals surface area contributed by atoms with Gasteiger partial charge in [-0.25, -0.2) is 17.2 Å². The molecule has 0 atom stereocenters. The van der Waals surface area contributed by atoms with E-state index in [-0.39, 0.29) is 24.9 Å². The van der Waals surface area contributed by atoms with Crippen molar-refractivity contribution in [1.82, 2.24) is 9.62 Å². The lowest BCUT2D eigenvalue weighted by atomic mass is 9.96. The second kappa shape index (κ2) is 9.13. The zero-order valence-electron chi connectivity index (χ0n) is 15.8. The van der Waals surface area contributed by atoms with Crippen LogP contribution in [-0.2, 0) is 14.8 Å². The number of halogens is 2. The molecule has 28 heavy (non-hydrogen) atoms. The molecule has 1 saturated heterocycles. The van der Waals surface area contributed by atoms with Gasteiger partial charge in [-0.15, -0.1) is 0 Å². The molecule has 0 spiro atoms. The molecule has 1 fully saturated rings. The fourth-order valence-electron chi connectivity index (χ4n) is 3.79. The highest BCUT2D eigenvalue weighted by atomic mass is 32.2. The molecule has 1 N–H and O–H groups in total. The molecule has 0 radical (unpaired) electrons. The molecule has 0 bridgehead atoms. The minimum absolute atomic E-state index is 0.0645. The number of hydrogen-bond donors (Lipinski definition) is 1. The van der Waals surface area contributed by atoms with Crippen LogP contribution in [0.25, 0.3) is 0 Å². The van der Waals surface area contributed by atoms with Gasteiger partial charge in [0.1, 0.15) is 16.5 Å². The molecule has 1 aliphatic carbocycles. The summed E-state index contributed by atoms with van der Waals surface area (Å²) >= 11 is 0. The fraction of sp³-hybridized carbons (Fsp3) is 0.550. The first-order valence-corrected chi connectivity index (χ1v) is 11.2. The number of sulfonamides is 1. The number of allylic oxidation sites excluding steroid dienone is 1. The number of hydrogen-bond acceptors (Lipinski definition) is 3. The monoisotopic (exact) mass is 412 g/mol. The van der Waals surface area contributed by atoms with E-state index in [9.17, 15) is 22.0 Å². The molecule has 0 aromatic heterocycles. The van der Waals surface area contributed by atoms with Gasteiger partial charge in [0.25, 0.3) is 0 Å². The van der Waals surface area contributed by atoms with Gasteiger partial charge in [0.05, 0.1) is 0 Å². The number of nitrogens with one attached hydrogen (secondary N) is 1. The zero-order valence-corrected chi connectivity index (χ0v) is 16.6. The first-order chi connectivity index (χ1) is 13.4. The Bertz CT molecular complexity index is 847. The van der Waals surface area contributed by atoms with E-state index < -0.39 is 26.6 Å². The molecule has 8 heteroatoms. The molecular formula is C20H26F2N2O3S. The molecule has 1 aromatic carbocycles. The van der Waals surface area contributed by atoms with E-state index >= 15 is 0 Å². The third kappa shape index (κ3) is 4.97. The third-order valence-corrected chi connectivity index (χ3v) is 7.38. The van der Waals surface area contributed by atoms with E-state index in [1.165, 1.54) is 18.4 Å². The van der Waals surface area contributed by atoms with Crippen LogP contribution in [0.5, 0.6) is 0 Å². The summed E-state index contributed by atoms with van der Waals surface area (Å²) in [5, 5.41) is 2.94. The van der Waals surface area contributed by atoms with Crippen LogP contribution in [-0.4, -0.2) is 38.3 Å². The van der Waals surface area contributed by atoms with Crippen molar-refractivity contribution < 1.29 is 22.0 Å². The van der Waals surface area contributed by atoms with E-state index in [1.807, 2.05) is 0 Å². The minimum Gasteiger partial charge on any atom is -0.356 e. The molecule has 1 aliphatic heterocycles. The molecule has 1 aromatic rings. The van der Waals surface area contributed by atoms with Crippen molar-refractivity contribution in [3.63, 3.8) is 0 Å². The maximum absolute atomic E-state index is 13.9. The number of nitrogens with zero attached hydrogens (tertiary/aromatic N) is 1. The Kier molecular flexibility index (Phi) is 6.82. The van der Waals surface area contributed by atoms with Crippen molar-refractivity contribution in [2.75, 3.05) is 19.6 Å². The van der Waals surface area contributed by atoms with Gasteiger partial charge >= 0.3 is 0 Å². The number of benzene rings is 1. The number of rotatable bonds is 6. The Morgan fingerprint density at radius 1 is 1.18 bits per heavy atom. The van der Waals surface area contributed by atoms with Crippen LogP contribution in [0, 0.1) is 17.6 Å². The van der Waals surface area contributed by atoms with Gasteiger partial charge in [-0.3, -0.25) is 4.79 Å². The Labute approximate surface area is 164 Å². The highest BCUT2D eigenvalue weighted by molar-refractivity contribution is 7.89. The minimum atomic E-state index is -4.12. The highest BCUT2D eigenvalue weighted by Gasteiger charge is 2.33. The van der Waals surface area contributed by atoms with Crippen molar-refractivity contribution in [2.24, 2.45) is 5.92 Å². The maximum atomic E-state index is 13.9. The van der Waals surface area contributed by atoms with Crippen LogP contribution in [0.4, 0.5) is 8.78 Å². The topological polar surface area (TPSA) is 66.5 Å². The normalized spacial score (nSPS) is 19.3. The second-order valence-electron chi connectivity index (χ2n) is 7.40. The predicted octanol–water partition coefficient (Wildman–Crippen LogP) is 3.37. The van der Waals surface area contributed by atoms with Crippen LogP contribution in [0.3, 0.4) is 0 Å². The first-order valence-electron chi connectivity index (χ1n) is 9.79. The second-order valence-corrected chi connectivity index (χ2v) is 9.31. The summed E-state index contributed by atoms with van der Waals surface area (Å²) in [6.45, 7) is 0.820. The molecule has 1 heterocycles. The average Bonchev–Trinajstić information content (AvgIpc) is 2.70. The summed E-state index contributed by atoms with van der Waals surface area (Å²) < 4.78 is 53.6. The number of carbonyl (C=O) groups excluding carboxylic acids is 1. The van der Waals surface area contributed by atoms with Crippen molar-refractivity contribution in [3.8, 4) is 0 Å². The lowest BCUT2D eigenvalue weighted by Gasteiger charge is -2.30. The van der Waals surface area contributed by atoms with Crippen molar-refractivity contribution in [2.45, 2.75) is 49.8 Å². The predicted molar refractivity (Wildman–Crippen MR) is 102 cm³/mol. The van der Waals surface area contributed by atoms with Gasteiger partial charge in [-0.2, -0.15) is 4.31 Å².